The van der Waals surface area contributed by atoms with Gasteiger partial charge in [-0.1, -0.05) is 0 Å². The number of likely N-dealkylation sites (tertiary alicyclic amines) is 1. The summed E-state index contributed by atoms with van der Waals surface area (Å²) in [5.74, 6) is 0.889. The number of nitrogens with zero attached hydrogens (tertiary/aromatic N) is 1. The van der Waals surface area contributed by atoms with E-state index in [1.165, 1.54) is 0 Å². The summed E-state index contributed by atoms with van der Waals surface area (Å²) in [6, 6.07) is 0.317. The summed E-state index contributed by atoms with van der Waals surface area (Å²) in [5, 5.41) is 0. The third kappa shape index (κ3) is 2.78. The average Bonchev–Trinajstić information content (AvgIpc) is 2.17. The van der Waals surface area contributed by atoms with Gasteiger partial charge in [0.1, 0.15) is 15.6 Å². The molecule has 0 spiro atoms. The summed E-state index contributed by atoms with van der Waals surface area (Å²) in [5.41, 5.74) is 0. The van der Waals surface area contributed by atoms with E-state index in [2.05, 4.69) is 4.90 Å². The minimum atomic E-state index is -2.78. The van der Waals surface area contributed by atoms with E-state index in [0.717, 1.165) is 13.0 Å². The van der Waals surface area contributed by atoms with Crippen LogP contribution in [0.3, 0.4) is 0 Å². The molecule has 0 N–H and O–H groups in total. The van der Waals surface area contributed by atoms with Crippen LogP contribution in [0.15, 0.2) is 0 Å². The van der Waals surface area contributed by atoms with Gasteiger partial charge in [0.25, 0.3) is 0 Å². The van der Waals surface area contributed by atoms with Crippen LogP contribution in [0.25, 0.3) is 0 Å². The smallest absolute Gasteiger partial charge is 0.150 e. The molecule has 2 saturated heterocycles. The number of hydrogen-bond donors (Lipinski definition) is 0. The summed E-state index contributed by atoms with van der Waals surface area (Å²) >= 11 is 0. The van der Waals surface area contributed by atoms with Crippen molar-refractivity contribution in [3.8, 4) is 0 Å². The second-order valence-corrected chi connectivity index (χ2v) is 6.80. The van der Waals surface area contributed by atoms with Crippen LogP contribution in [-0.4, -0.2) is 49.7 Å². The van der Waals surface area contributed by atoms with E-state index in [1.54, 1.807) is 0 Å². The molecule has 0 aromatic rings. The molecule has 0 aromatic heterocycles. The predicted octanol–water partition coefficient (Wildman–Crippen LogP) is 0.229. The van der Waals surface area contributed by atoms with Gasteiger partial charge in [-0.2, -0.15) is 0 Å². The lowest BCUT2D eigenvalue weighted by atomic mass is 10.0. The number of Topliss-reactive ketones (excluding diaryl/α,β-unsaturated/α-hetero) is 1. The standard InChI is InChI=1S/C10H17NO3S/c12-10-2-1-5-11(8-10)9-3-6-15(13,14)7-4-9/h9H,1-8H2. The molecule has 5 heteroatoms. The van der Waals surface area contributed by atoms with E-state index in [0.29, 0.717) is 49.1 Å². The molecule has 0 amide bonds. The molecule has 2 heterocycles. The molecule has 2 fully saturated rings. The molecule has 0 unspecified atom stereocenters. The van der Waals surface area contributed by atoms with Crippen LogP contribution in [-0.2, 0) is 14.6 Å². The molecule has 4 nitrogen and oxygen atoms in total. The summed E-state index contributed by atoms with van der Waals surface area (Å²) in [6.07, 6.45) is 3.04. The lowest BCUT2D eigenvalue weighted by molar-refractivity contribution is -0.123. The molecule has 0 atom stereocenters. The molecule has 86 valence electrons. The Morgan fingerprint density at radius 1 is 1.20 bits per heavy atom. The lowest BCUT2D eigenvalue weighted by Gasteiger charge is -2.35. The molecule has 15 heavy (non-hydrogen) atoms. The van der Waals surface area contributed by atoms with Crippen LogP contribution in [0, 0.1) is 0 Å². The summed E-state index contributed by atoms with van der Waals surface area (Å²) in [6.45, 7) is 1.49. The highest BCUT2D eigenvalue weighted by molar-refractivity contribution is 7.91. The van der Waals surface area contributed by atoms with Gasteiger partial charge in [0.2, 0.25) is 0 Å². The molecule has 2 aliphatic rings. The van der Waals surface area contributed by atoms with Crippen molar-refractivity contribution in [1.29, 1.82) is 0 Å². The van der Waals surface area contributed by atoms with Gasteiger partial charge in [-0.05, 0) is 25.8 Å². The zero-order valence-corrected chi connectivity index (χ0v) is 9.63. The van der Waals surface area contributed by atoms with Crippen LogP contribution in [0.2, 0.25) is 0 Å². The molecule has 0 saturated carbocycles. The Morgan fingerprint density at radius 2 is 1.87 bits per heavy atom. The van der Waals surface area contributed by atoms with Crippen molar-refractivity contribution < 1.29 is 13.2 Å². The quantitative estimate of drug-likeness (QED) is 0.648. The fraction of sp³-hybridized carbons (Fsp3) is 0.900. The number of rotatable bonds is 1. The first-order valence-electron chi connectivity index (χ1n) is 5.53. The van der Waals surface area contributed by atoms with Gasteiger partial charge in [-0.3, -0.25) is 9.69 Å². The molecular formula is C10H17NO3S. The van der Waals surface area contributed by atoms with E-state index in [4.69, 9.17) is 0 Å². The normalized spacial score (nSPS) is 29.2. The largest absolute Gasteiger partial charge is 0.298 e. The number of ketones is 1. The van der Waals surface area contributed by atoms with Gasteiger partial charge in [0.05, 0.1) is 18.1 Å². The van der Waals surface area contributed by atoms with E-state index < -0.39 is 9.84 Å². The summed E-state index contributed by atoms with van der Waals surface area (Å²) in [4.78, 5) is 13.5. The third-order valence-corrected chi connectivity index (χ3v) is 5.04. The topological polar surface area (TPSA) is 54.5 Å². The number of carbonyl (C=O) groups is 1. The third-order valence-electron chi connectivity index (χ3n) is 3.32. The SMILES string of the molecule is O=C1CCCN(C2CCS(=O)(=O)CC2)C1. The van der Waals surface area contributed by atoms with Gasteiger partial charge in [-0.25, -0.2) is 8.42 Å². The lowest BCUT2D eigenvalue weighted by Crippen LogP contribution is -2.46. The number of carbonyl (C=O) groups excluding carboxylic acids is 1. The number of hydrogen-bond acceptors (Lipinski definition) is 4. The Balaban J connectivity index is 1.92. The highest BCUT2D eigenvalue weighted by Gasteiger charge is 2.30. The number of piperidine rings is 1. The Bertz CT molecular complexity index is 336. The van der Waals surface area contributed by atoms with Crippen molar-refractivity contribution in [2.24, 2.45) is 0 Å². The first-order valence-corrected chi connectivity index (χ1v) is 7.35. The molecule has 0 aliphatic carbocycles. The minimum Gasteiger partial charge on any atom is -0.298 e. The zero-order chi connectivity index (χ0) is 10.9. The predicted molar refractivity (Wildman–Crippen MR) is 57.5 cm³/mol. The maximum atomic E-state index is 11.3. The Labute approximate surface area is 90.6 Å². The Morgan fingerprint density at radius 3 is 2.47 bits per heavy atom. The van der Waals surface area contributed by atoms with Crippen molar-refractivity contribution in [3.05, 3.63) is 0 Å². The first kappa shape index (κ1) is 11.1. The van der Waals surface area contributed by atoms with E-state index in [1.807, 2.05) is 0 Å². The molecule has 0 aromatic carbocycles. The maximum absolute atomic E-state index is 11.3. The van der Waals surface area contributed by atoms with Crippen LogP contribution in [0.1, 0.15) is 25.7 Å². The van der Waals surface area contributed by atoms with Crippen molar-refractivity contribution in [1.82, 2.24) is 4.90 Å². The fourth-order valence-corrected chi connectivity index (χ4v) is 3.88. The number of sulfone groups is 1. The van der Waals surface area contributed by atoms with Crippen molar-refractivity contribution in [2.75, 3.05) is 24.6 Å². The second kappa shape index (κ2) is 4.22. The van der Waals surface area contributed by atoms with Crippen LogP contribution >= 0.6 is 0 Å². The van der Waals surface area contributed by atoms with Crippen molar-refractivity contribution in [3.63, 3.8) is 0 Å². The molecule has 0 radical (unpaired) electrons. The van der Waals surface area contributed by atoms with E-state index in [9.17, 15) is 13.2 Å². The van der Waals surface area contributed by atoms with Crippen LogP contribution in [0.5, 0.6) is 0 Å². The molecule has 2 rings (SSSR count). The fourth-order valence-electron chi connectivity index (χ4n) is 2.42. The zero-order valence-electron chi connectivity index (χ0n) is 8.81. The van der Waals surface area contributed by atoms with Gasteiger partial charge in [-0.15, -0.1) is 0 Å². The Hall–Kier alpha value is -0.420. The van der Waals surface area contributed by atoms with Crippen molar-refractivity contribution in [2.45, 2.75) is 31.7 Å². The monoisotopic (exact) mass is 231 g/mol. The van der Waals surface area contributed by atoms with Gasteiger partial charge in [0, 0.05) is 12.5 Å². The van der Waals surface area contributed by atoms with Crippen LogP contribution < -0.4 is 0 Å². The Kier molecular flexibility index (Phi) is 3.11. The molecule has 0 bridgehead atoms. The highest BCUT2D eigenvalue weighted by Crippen LogP contribution is 2.20. The van der Waals surface area contributed by atoms with E-state index in [-0.39, 0.29) is 0 Å². The minimum absolute atomic E-state index is 0.294. The average molecular weight is 231 g/mol. The van der Waals surface area contributed by atoms with Gasteiger partial charge < -0.3 is 0 Å². The molecular weight excluding hydrogens is 214 g/mol. The molecule has 2 aliphatic heterocycles. The van der Waals surface area contributed by atoms with Gasteiger partial charge >= 0.3 is 0 Å². The highest BCUT2D eigenvalue weighted by atomic mass is 32.2. The van der Waals surface area contributed by atoms with Crippen molar-refractivity contribution >= 4 is 15.6 Å². The second-order valence-electron chi connectivity index (χ2n) is 4.50. The summed E-state index contributed by atoms with van der Waals surface area (Å²) < 4.78 is 22.5. The first-order chi connectivity index (χ1) is 7.07. The van der Waals surface area contributed by atoms with Gasteiger partial charge in [0.15, 0.2) is 0 Å². The van der Waals surface area contributed by atoms with Crippen LogP contribution in [0.4, 0.5) is 0 Å². The summed E-state index contributed by atoms with van der Waals surface area (Å²) in [7, 11) is -2.78. The maximum Gasteiger partial charge on any atom is 0.150 e. The van der Waals surface area contributed by atoms with E-state index >= 15 is 0 Å².